The van der Waals surface area contributed by atoms with Crippen molar-refractivity contribution in [2.24, 2.45) is 5.14 Å². The van der Waals surface area contributed by atoms with E-state index >= 15 is 0 Å². The maximum atomic E-state index is 12.0. The first kappa shape index (κ1) is 19.0. The fourth-order valence-electron chi connectivity index (χ4n) is 1.99. The summed E-state index contributed by atoms with van der Waals surface area (Å²) in [6, 6.07) is 13.7. The summed E-state index contributed by atoms with van der Waals surface area (Å²) in [4.78, 5) is 13.1. The molecular formula is C16H17BrN2O3S2. The van der Waals surface area contributed by atoms with Crippen molar-refractivity contribution in [3.05, 3.63) is 58.6 Å². The third-order valence-corrected chi connectivity index (χ3v) is 5.74. The van der Waals surface area contributed by atoms with Crippen molar-refractivity contribution < 1.29 is 13.2 Å². The Bertz CT molecular complexity index is 806. The minimum Gasteiger partial charge on any atom is -0.349 e. The lowest BCUT2D eigenvalue weighted by Crippen LogP contribution is -2.28. The van der Waals surface area contributed by atoms with E-state index in [-0.39, 0.29) is 16.8 Å². The highest BCUT2D eigenvalue weighted by atomic mass is 79.9. The lowest BCUT2D eigenvalue weighted by molar-refractivity contribution is -0.119. The van der Waals surface area contributed by atoms with Gasteiger partial charge in [0, 0.05) is 9.37 Å². The number of nitrogens with one attached hydrogen (secondary N) is 1. The largest absolute Gasteiger partial charge is 0.349 e. The number of hydrogen-bond donors (Lipinski definition) is 2. The first-order valence-corrected chi connectivity index (χ1v) is 10.4. The Hall–Kier alpha value is -1.35. The third kappa shape index (κ3) is 5.62. The first-order chi connectivity index (χ1) is 11.3. The molecule has 0 spiro atoms. The van der Waals surface area contributed by atoms with E-state index in [1.165, 1.54) is 23.9 Å². The second-order valence-corrected chi connectivity index (χ2v) is 8.67. The second kappa shape index (κ2) is 8.15. The van der Waals surface area contributed by atoms with E-state index in [9.17, 15) is 13.2 Å². The van der Waals surface area contributed by atoms with Crippen molar-refractivity contribution in [1.82, 2.24) is 5.32 Å². The molecule has 128 valence electrons. The van der Waals surface area contributed by atoms with Gasteiger partial charge < -0.3 is 5.32 Å². The zero-order valence-corrected chi connectivity index (χ0v) is 16.1. The predicted octanol–water partition coefficient (Wildman–Crippen LogP) is 3.07. The topological polar surface area (TPSA) is 89.3 Å². The summed E-state index contributed by atoms with van der Waals surface area (Å²) in [5, 5.41) is 7.95. The van der Waals surface area contributed by atoms with Gasteiger partial charge in [0.1, 0.15) is 0 Å². The molecule has 0 heterocycles. The van der Waals surface area contributed by atoms with Crippen molar-refractivity contribution in [3.63, 3.8) is 0 Å². The van der Waals surface area contributed by atoms with E-state index in [0.717, 1.165) is 14.9 Å². The Kier molecular flexibility index (Phi) is 6.45. The Morgan fingerprint density at radius 1 is 1.17 bits per heavy atom. The number of carbonyl (C=O) groups is 1. The molecule has 24 heavy (non-hydrogen) atoms. The molecule has 2 rings (SSSR count). The number of benzene rings is 2. The van der Waals surface area contributed by atoms with Crippen LogP contribution in [0.5, 0.6) is 0 Å². The lowest BCUT2D eigenvalue weighted by Gasteiger charge is -2.14. The quantitative estimate of drug-likeness (QED) is 0.691. The molecule has 5 nitrogen and oxygen atoms in total. The predicted molar refractivity (Wildman–Crippen MR) is 99.2 cm³/mol. The molecular weight excluding hydrogens is 412 g/mol. The van der Waals surface area contributed by atoms with Crippen molar-refractivity contribution in [3.8, 4) is 0 Å². The maximum Gasteiger partial charge on any atom is 0.238 e. The van der Waals surface area contributed by atoms with Crippen LogP contribution in [0.1, 0.15) is 18.5 Å². The monoisotopic (exact) mass is 428 g/mol. The zero-order valence-electron chi connectivity index (χ0n) is 12.9. The molecule has 1 atom stereocenters. The summed E-state index contributed by atoms with van der Waals surface area (Å²) in [7, 11) is -3.70. The Labute approximate surface area is 154 Å². The summed E-state index contributed by atoms with van der Waals surface area (Å²) in [5.74, 6) is 0.215. The normalized spacial score (nSPS) is 12.6. The minimum absolute atomic E-state index is 0.0515. The molecule has 1 unspecified atom stereocenters. The van der Waals surface area contributed by atoms with E-state index in [4.69, 9.17) is 5.14 Å². The molecule has 0 saturated carbocycles. The highest BCUT2D eigenvalue weighted by molar-refractivity contribution is 9.10. The first-order valence-electron chi connectivity index (χ1n) is 7.06. The van der Waals surface area contributed by atoms with Gasteiger partial charge in [-0.3, -0.25) is 4.79 Å². The molecule has 8 heteroatoms. The molecule has 0 aliphatic carbocycles. The van der Waals surface area contributed by atoms with Gasteiger partial charge >= 0.3 is 0 Å². The van der Waals surface area contributed by atoms with Crippen LogP contribution in [0, 0.1) is 0 Å². The van der Waals surface area contributed by atoms with E-state index in [1.54, 1.807) is 12.1 Å². The van der Waals surface area contributed by atoms with E-state index in [2.05, 4.69) is 21.2 Å². The summed E-state index contributed by atoms with van der Waals surface area (Å²) in [6.07, 6.45) is 0. The molecule has 2 aromatic carbocycles. The zero-order chi connectivity index (χ0) is 17.7. The van der Waals surface area contributed by atoms with Gasteiger partial charge in [-0.2, -0.15) is 0 Å². The fraction of sp³-hybridized carbons (Fsp3) is 0.188. The summed E-state index contributed by atoms with van der Waals surface area (Å²) in [5.41, 5.74) is 0.810. The van der Waals surface area contributed by atoms with Crippen molar-refractivity contribution in [2.75, 3.05) is 5.75 Å². The number of carbonyl (C=O) groups excluding carboxylic acids is 1. The van der Waals surface area contributed by atoms with Gasteiger partial charge in [-0.15, -0.1) is 11.8 Å². The molecule has 0 saturated heterocycles. The van der Waals surface area contributed by atoms with Gasteiger partial charge in [0.05, 0.1) is 16.7 Å². The highest BCUT2D eigenvalue weighted by Gasteiger charge is 2.12. The number of nitrogens with two attached hydrogens (primary N) is 1. The van der Waals surface area contributed by atoms with Gasteiger partial charge in [-0.05, 0) is 48.9 Å². The third-order valence-electron chi connectivity index (χ3n) is 3.27. The van der Waals surface area contributed by atoms with Crippen LogP contribution >= 0.6 is 27.7 Å². The number of halogens is 1. The second-order valence-electron chi connectivity index (χ2n) is 5.15. The standard InChI is InChI=1S/C16H17BrN2O3S2/c1-11(12-2-8-15(9-3-12)24(18,21)22)19-16(20)10-23-14-6-4-13(17)5-7-14/h2-9,11H,10H2,1H3,(H,19,20)(H2,18,21,22). The van der Waals surface area contributed by atoms with Crippen molar-refractivity contribution in [2.45, 2.75) is 22.8 Å². The van der Waals surface area contributed by atoms with Crippen LogP contribution in [0.3, 0.4) is 0 Å². The number of rotatable bonds is 6. The average molecular weight is 429 g/mol. The molecule has 0 bridgehead atoms. The van der Waals surface area contributed by atoms with Gasteiger partial charge in [0.25, 0.3) is 0 Å². The fourth-order valence-corrected chi connectivity index (χ4v) is 3.48. The number of sulfonamides is 1. The van der Waals surface area contributed by atoms with Crippen LogP contribution in [0.25, 0.3) is 0 Å². The lowest BCUT2D eigenvalue weighted by atomic mass is 10.1. The summed E-state index contributed by atoms with van der Waals surface area (Å²) in [6.45, 7) is 1.84. The number of primary sulfonamides is 1. The Balaban J connectivity index is 1.90. The van der Waals surface area contributed by atoms with Crippen LogP contribution in [0.2, 0.25) is 0 Å². The molecule has 0 aliphatic rings. The molecule has 0 aliphatic heterocycles. The van der Waals surface area contributed by atoms with Gasteiger partial charge in [0.2, 0.25) is 15.9 Å². The molecule has 3 N–H and O–H groups in total. The Morgan fingerprint density at radius 2 is 1.75 bits per heavy atom. The number of thioether (sulfide) groups is 1. The SMILES string of the molecule is CC(NC(=O)CSc1ccc(Br)cc1)c1ccc(S(N)(=O)=O)cc1. The minimum atomic E-state index is -3.70. The van der Waals surface area contributed by atoms with E-state index in [1.807, 2.05) is 31.2 Å². The summed E-state index contributed by atoms with van der Waals surface area (Å²) < 4.78 is 23.5. The van der Waals surface area contributed by atoms with Crippen LogP contribution < -0.4 is 10.5 Å². The van der Waals surface area contributed by atoms with Crippen LogP contribution in [-0.4, -0.2) is 20.1 Å². The van der Waals surface area contributed by atoms with Crippen LogP contribution in [0.4, 0.5) is 0 Å². The smallest absolute Gasteiger partial charge is 0.238 e. The molecule has 0 fully saturated rings. The highest BCUT2D eigenvalue weighted by Crippen LogP contribution is 2.21. The Morgan fingerprint density at radius 3 is 2.29 bits per heavy atom. The van der Waals surface area contributed by atoms with E-state index in [0.29, 0.717) is 5.75 Å². The molecule has 2 aromatic rings. The maximum absolute atomic E-state index is 12.0. The van der Waals surface area contributed by atoms with Crippen LogP contribution in [0.15, 0.2) is 62.8 Å². The van der Waals surface area contributed by atoms with Gasteiger partial charge in [0.15, 0.2) is 0 Å². The molecule has 1 amide bonds. The van der Waals surface area contributed by atoms with Gasteiger partial charge in [-0.25, -0.2) is 13.6 Å². The molecule has 0 aromatic heterocycles. The van der Waals surface area contributed by atoms with Crippen molar-refractivity contribution in [1.29, 1.82) is 0 Å². The average Bonchev–Trinajstić information content (AvgIpc) is 2.53. The van der Waals surface area contributed by atoms with E-state index < -0.39 is 10.0 Å². The summed E-state index contributed by atoms with van der Waals surface area (Å²) >= 11 is 4.82. The number of amides is 1. The molecule has 0 radical (unpaired) electrons. The van der Waals surface area contributed by atoms with Crippen LogP contribution in [-0.2, 0) is 14.8 Å². The van der Waals surface area contributed by atoms with Gasteiger partial charge in [-0.1, -0.05) is 28.1 Å². The number of hydrogen-bond acceptors (Lipinski definition) is 4. The van der Waals surface area contributed by atoms with Crippen molar-refractivity contribution >= 4 is 43.6 Å².